The van der Waals surface area contributed by atoms with Crippen LogP contribution in [-0.2, 0) is 15.7 Å². The van der Waals surface area contributed by atoms with Crippen LogP contribution in [0.3, 0.4) is 0 Å². The fraction of sp³-hybridized carbons (Fsp3) is 0.381. The van der Waals surface area contributed by atoms with E-state index in [0.717, 1.165) is 17.4 Å². The number of hydrogen-bond donors (Lipinski definition) is 1. The van der Waals surface area contributed by atoms with E-state index in [1.165, 1.54) is 6.33 Å². The Kier molecular flexibility index (Phi) is 5.11. The van der Waals surface area contributed by atoms with Gasteiger partial charge < -0.3 is 19.2 Å². The van der Waals surface area contributed by atoms with Gasteiger partial charge in [-0.1, -0.05) is 18.2 Å². The normalized spacial score (nSPS) is 21.8. The van der Waals surface area contributed by atoms with Crippen LogP contribution < -0.4 is 4.74 Å². The van der Waals surface area contributed by atoms with Crippen LogP contribution >= 0.6 is 0 Å². The van der Waals surface area contributed by atoms with Crippen molar-refractivity contribution in [1.82, 2.24) is 15.0 Å². The van der Waals surface area contributed by atoms with E-state index in [1.54, 1.807) is 6.21 Å². The maximum Gasteiger partial charge on any atom is 0.431 e. The SMILES string of the molecule is FC(F)(F)c1cc2c(N=CC3c4ccccc4OC[C@@H]3OCC3COC3)ncnc2[nH]1. The summed E-state index contributed by atoms with van der Waals surface area (Å²) in [4.78, 5) is 14.7. The second-order valence-electron chi connectivity index (χ2n) is 7.57. The van der Waals surface area contributed by atoms with Gasteiger partial charge >= 0.3 is 6.18 Å². The van der Waals surface area contributed by atoms with Gasteiger partial charge in [0.15, 0.2) is 5.82 Å². The number of aromatic nitrogens is 3. The van der Waals surface area contributed by atoms with Gasteiger partial charge in [0.2, 0.25) is 0 Å². The Labute approximate surface area is 175 Å². The summed E-state index contributed by atoms with van der Waals surface area (Å²) in [5.74, 6) is 1.01. The number of nitrogens with one attached hydrogen (secondary N) is 1. The van der Waals surface area contributed by atoms with E-state index in [2.05, 4.69) is 19.9 Å². The van der Waals surface area contributed by atoms with Gasteiger partial charge in [0.05, 0.1) is 31.1 Å². The first kappa shape index (κ1) is 20.0. The van der Waals surface area contributed by atoms with Crippen LogP contribution in [-0.4, -0.2) is 53.7 Å². The van der Waals surface area contributed by atoms with Gasteiger partial charge in [0.25, 0.3) is 0 Å². The van der Waals surface area contributed by atoms with Crippen molar-refractivity contribution in [2.45, 2.75) is 18.2 Å². The molecule has 1 saturated heterocycles. The van der Waals surface area contributed by atoms with Crippen molar-refractivity contribution in [3.8, 4) is 5.75 Å². The molecule has 0 radical (unpaired) electrons. The van der Waals surface area contributed by atoms with Gasteiger partial charge in [0.1, 0.15) is 36.1 Å². The van der Waals surface area contributed by atoms with Crippen molar-refractivity contribution in [2.75, 3.05) is 26.4 Å². The Hall–Kier alpha value is -2.98. The van der Waals surface area contributed by atoms with Gasteiger partial charge in [-0.2, -0.15) is 13.2 Å². The van der Waals surface area contributed by atoms with E-state index in [0.29, 0.717) is 32.3 Å². The molecule has 2 atom stereocenters. The smallest absolute Gasteiger partial charge is 0.431 e. The van der Waals surface area contributed by atoms with Crippen LogP contribution in [0.2, 0.25) is 0 Å². The van der Waals surface area contributed by atoms with Gasteiger partial charge in [-0.05, 0) is 12.1 Å². The summed E-state index contributed by atoms with van der Waals surface area (Å²) in [5.41, 5.74) is 0.0992. The number of aliphatic imine (C=N–C) groups is 1. The quantitative estimate of drug-likeness (QED) is 0.619. The van der Waals surface area contributed by atoms with Gasteiger partial charge in [-0.3, -0.25) is 0 Å². The minimum atomic E-state index is -4.51. The average molecular weight is 432 g/mol. The maximum atomic E-state index is 13.1. The molecule has 3 aromatic rings. The highest BCUT2D eigenvalue weighted by Gasteiger charge is 2.34. The molecule has 31 heavy (non-hydrogen) atoms. The maximum absolute atomic E-state index is 13.1. The minimum absolute atomic E-state index is 0.0830. The number of halogens is 3. The molecule has 1 fully saturated rings. The number of rotatable bonds is 5. The highest BCUT2D eigenvalue weighted by Crippen LogP contribution is 2.36. The number of para-hydroxylation sites is 1. The topological polar surface area (TPSA) is 81.6 Å². The summed E-state index contributed by atoms with van der Waals surface area (Å²) in [7, 11) is 0. The summed E-state index contributed by atoms with van der Waals surface area (Å²) in [6.07, 6.45) is -1.93. The van der Waals surface area contributed by atoms with Crippen molar-refractivity contribution < 1.29 is 27.4 Å². The largest absolute Gasteiger partial charge is 0.491 e. The molecule has 0 saturated carbocycles. The lowest BCUT2D eigenvalue weighted by molar-refractivity contribution is -0.140. The van der Waals surface area contributed by atoms with E-state index in [4.69, 9.17) is 14.2 Å². The lowest BCUT2D eigenvalue weighted by atomic mass is 9.91. The number of ether oxygens (including phenoxy) is 3. The monoisotopic (exact) mass is 432 g/mol. The Balaban J connectivity index is 1.46. The molecule has 0 amide bonds. The predicted octanol–water partition coefficient (Wildman–Crippen LogP) is 3.89. The number of aromatic amines is 1. The van der Waals surface area contributed by atoms with Crippen LogP contribution in [0.15, 0.2) is 41.7 Å². The Morgan fingerprint density at radius 3 is 2.81 bits per heavy atom. The zero-order valence-electron chi connectivity index (χ0n) is 16.3. The third-order valence-electron chi connectivity index (χ3n) is 5.40. The molecule has 0 aliphatic carbocycles. The molecule has 2 aliphatic rings. The third kappa shape index (κ3) is 4.00. The third-order valence-corrected chi connectivity index (χ3v) is 5.40. The van der Waals surface area contributed by atoms with Crippen molar-refractivity contribution in [2.24, 2.45) is 10.9 Å². The van der Waals surface area contributed by atoms with Crippen molar-refractivity contribution in [3.63, 3.8) is 0 Å². The minimum Gasteiger partial charge on any atom is -0.491 e. The molecule has 162 valence electrons. The van der Waals surface area contributed by atoms with E-state index in [9.17, 15) is 13.2 Å². The molecule has 1 N–H and O–H groups in total. The molecular weight excluding hydrogens is 413 g/mol. The standard InChI is InChI=1S/C21H19F3N4O3/c22-21(23,24)18-5-14-19(26-11-27-20(14)28-18)25-6-15-13-3-1-2-4-16(13)31-10-17(15)30-9-12-7-29-8-12/h1-6,11-12,15,17H,7-10H2,(H,26,27,28)/t15?,17-/m0/s1. The Morgan fingerprint density at radius 2 is 2.03 bits per heavy atom. The van der Waals surface area contributed by atoms with Crippen LogP contribution in [0.4, 0.5) is 19.0 Å². The molecule has 0 bridgehead atoms. The second kappa shape index (κ2) is 7.93. The van der Waals surface area contributed by atoms with E-state index in [-0.39, 0.29) is 28.9 Å². The van der Waals surface area contributed by atoms with Crippen LogP contribution in [0.5, 0.6) is 5.75 Å². The first-order valence-electron chi connectivity index (χ1n) is 9.85. The van der Waals surface area contributed by atoms with Crippen molar-refractivity contribution >= 4 is 23.1 Å². The van der Waals surface area contributed by atoms with E-state index in [1.807, 2.05) is 24.3 Å². The highest BCUT2D eigenvalue weighted by molar-refractivity contribution is 5.88. The van der Waals surface area contributed by atoms with E-state index < -0.39 is 11.9 Å². The molecular formula is C21H19F3N4O3. The number of alkyl halides is 3. The summed E-state index contributed by atoms with van der Waals surface area (Å²) in [6, 6.07) is 8.56. The van der Waals surface area contributed by atoms with Crippen LogP contribution in [0.25, 0.3) is 11.0 Å². The van der Waals surface area contributed by atoms with Gasteiger partial charge in [0, 0.05) is 17.7 Å². The van der Waals surface area contributed by atoms with Crippen molar-refractivity contribution in [1.29, 1.82) is 0 Å². The fourth-order valence-corrected chi connectivity index (χ4v) is 3.66. The average Bonchev–Trinajstić information content (AvgIpc) is 3.17. The lowest BCUT2D eigenvalue weighted by Crippen LogP contribution is -2.39. The summed E-state index contributed by atoms with van der Waals surface area (Å²) in [5, 5.41) is 0.204. The molecule has 2 aromatic heterocycles. The molecule has 1 aromatic carbocycles. The Bertz CT molecular complexity index is 1110. The van der Waals surface area contributed by atoms with Crippen molar-refractivity contribution in [3.05, 3.63) is 47.9 Å². The number of nitrogens with zero attached hydrogens (tertiary/aromatic N) is 3. The highest BCUT2D eigenvalue weighted by atomic mass is 19.4. The van der Waals surface area contributed by atoms with Gasteiger partial charge in [-0.25, -0.2) is 15.0 Å². The molecule has 4 heterocycles. The summed E-state index contributed by atoms with van der Waals surface area (Å²) >= 11 is 0. The fourth-order valence-electron chi connectivity index (χ4n) is 3.66. The number of H-pyrrole nitrogens is 1. The van der Waals surface area contributed by atoms with E-state index >= 15 is 0 Å². The Morgan fingerprint density at radius 1 is 1.19 bits per heavy atom. The first-order valence-corrected chi connectivity index (χ1v) is 9.85. The van der Waals surface area contributed by atoms with Crippen LogP contribution in [0.1, 0.15) is 17.2 Å². The molecule has 7 nitrogen and oxygen atoms in total. The lowest BCUT2D eigenvalue weighted by Gasteiger charge is -2.34. The first-order chi connectivity index (χ1) is 15.0. The number of benzene rings is 1. The van der Waals surface area contributed by atoms with Crippen LogP contribution in [0, 0.1) is 5.92 Å². The molecule has 0 spiro atoms. The predicted molar refractivity (Wildman–Crippen MR) is 106 cm³/mol. The molecule has 2 aliphatic heterocycles. The zero-order valence-corrected chi connectivity index (χ0v) is 16.3. The zero-order chi connectivity index (χ0) is 21.4. The number of fused-ring (bicyclic) bond motifs is 2. The van der Waals surface area contributed by atoms with Gasteiger partial charge in [-0.15, -0.1) is 0 Å². The summed E-state index contributed by atoms with van der Waals surface area (Å²) in [6.45, 7) is 2.25. The molecule has 1 unspecified atom stereocenters. The molecule has 10 heteroatoms. The summed E-state index contributed by atoms with van der Waals surface area (Å²) < 4.78 is 56.4. The second-order valence-corrected chi connectivity index (χ2v) is 7.57. The molecule has 5 rings (SSSR count). The number of hydrogen-bond acceptors (Lipinski definition) is 6.